The Kier molecular flexibility index (Phi) is 2.91. The third kappa shape index (κ3) is 3.30. The van der Waals surface area contributed by atoms with E-state index < -0.39 is 16.0 Å². The monoisotopic (exact) mass is 234 g/mol. The van der Waals surface area contributed by atoms with E-state index in [1.807, 2.05) is 20.8 Å². The van der Waals surface area contributed by atoms with Crippen molar-refractivity contribution in [3.05, 3.63) is 17.5 Å². The zero-order chi connectivity index (χ0) is 11.9. The van der Waals surface area contributed by atoms with Gasteiger partial charge in [-0.05, 0) is 6.07 Å². The minimum absolute atomic E-state index is 0.171. The third-order valence-corrected chi connectivity index (χ3v) is 2.71. The van der Waals surface area contributed by atoms with Crippen molar-refractivity contribution in [1.82, 2.24) is 9.78 Å². The topological polar surface area (TPSA) is 52.0 Å². The van der Waals surface area contributed by atoms with Crippen molar-refractivity contribution >= 4 is 10.2 Å². The summed E-state index contributed by atoms with van der Waals surface area (Å²) in [5.74, 6) is -0.618. The van der Waals surface area contributed by atoms with Gasteiger partial charge in [-0.2, -0.15) is 13.5 Å². The van der Waals surface area contributed by atoms with Crippen LogP contribution >= 0.6 is 0 Å². The van der Waals surface area contributed by atoms with Gasteiger partial charge < -0.3 is 0 Å². The normalized spacial score (nSPS) is 13.1. The van der Waals surface area contributed by atoms with Gasteiger partial charge in [0.25, 0.3) is 0 Å². The number of nitrogens with zero attached hydrogens (tertiary/aromatic N) is 2. The van der Waals surface area contributed by atoms with Crippen LogP contribution in [0.15, 0.2) is 6.07 Å². The molecule has 0 aliphatic carbocycles. The summed E-state index contributed by atoms with van der Waals surface area (Å²) in [6.07, 6.45) is 0. The first-order valence-corrected chi connectivity index (χ1v) is 6.10. The molecule has 0 saturated heterocycles. The largest absolute Gasteiger partial charge is 0.308 e. The van der Waals surface area contributed by atoms with Gasteiger partial charge >= 0.3 is 10.2 Å². The van der Waals surface area contributed by atoms with Crippen LogP contribution in [0.2, 0.25) is 0 Å². The fourth-order valence-electron chi connectivity index (χ4n) is 1.18. The van der Waals surface area contributed by atoms with Crippen molar-refractivity contribution in [2.45, 2.75) is 31.9 Å². The third-order valence-electron chi connectivity index (χ3n) is 2.07. The van der Waals surface area contributed by atoms with Gasteiger partial charge in [-0.15, -0.1) is 3.89 Å². The minimum atomic E-state index is -4.49. The maximum Gasteiger partial charge on any atom is 0.308 e. The lowest BCUT2D eigenvalue weighted by molar-refractivity contribution is 0.544. The van der Waals surface area contributed by atoms with Crippen molar-refractivity contribution in [1.29, 1.82) is 0 Å². The molecule has 15 heavy (non-hydrogen) atoms. The number of halogens is 1. The Balaban J connectivity index is 3.08. The van der Waals surface area contributed by atoms with Crippen LogP contribution in [0.1, 0.15) is 32.2 Å². The molecule has 1 aromatic heterocycles. The highest BCUT2D eigenvalue weighted by Gasteiger charge is 2.21. The van der Waals surface area contributed by atoms with E-state index in [9.17, 15) is 12.3 Å². The molecular weight excluding hydrogens is 219 g/mol. The fraction of sp³-hybridized carbons (Fsp3) is 0.667. The second-order valence-electron chi connectivity index (χ2n) is 4.58. The second-order valence-corrected chi connectivity index (χ2v) is 5.94. The first kappa shape index (κ1) is 12.2. The lowest BCUT2D eigenvalue weighted by atomic mass is 9.92. The summed E-state index contributed by atoms with van der Waals surface area (Å²) in [7, 11) is -2.89. The minimum Gasteiger partial charge on any atom is -0.271 e. The van der Waals surface area contributed by atoms with Gasteiger partial charge in [-0.3, -0.25) is 4.68 Å². The van der Waals surface area contributed by atoms with E-state index in [4.69, 9.17) is 0 Å². The number of aromatic nitrogens is 2. The summed E-state index contributed by atoms with van der Waals surface area (Å²) >= 11 is 0. The molecule has 6 heteroatoms. The van der Waals surface area contributed by atoms with E-state index in [1.165, 1.54) is 4.68 Å². The van der Waals surface area contributed by atoms with E-state index in [1.54, 1.807) is 13.1 Å². The molecule has 86 valence electrons. The van der Waals surface area contributed by atoms with Gasteiger partial charge in [0.2, 0.25) is 0 Å². The Labute approximate surface area is 89.3 Å². The summed E-state index contributed by atoms with van der Waals surface area (Å²) in [5, 5.41) is 4.15. The van der Waals surface area contributed by atoms with Crippen molar-refractivity contribution < 1.29 is 12.3 Å². The molecule has 0 radical (unpaired) electrons. The highest BCUT2D eigenvalue weighted by molar-refractivity contribution is 7.85. The highest BCUT2D eigenvalue weighted by atomic mass is 32.3. The standard InChI is InChI=1S/C9H15FN2O2S/c1-9(2,3)8-5-7(12(4)11-8)6-15(10,13)14/h5H,6H2,1-4H3. The van der Waals surface area contributed by atoms with Crippen LogP contribution in [0.5, 0.6) is 0 Å². The van der Waals surface area contributed by atoms with Crippen LogP contribution in [0.4, 0.5) is 3.89 Å². The Hall–Kier alpha value is -0.910. The van der Waals surface area contributed by atoms with Crippen LogP contribution in [0, 0.1) is 0 Å². The maximum atomic E-state index is 12.5. The first-order chi connectivity index (χ1) is 6.59. The van der Waals surface area contributed by atoms with Gasteiger partial charge in [0, 0.05) is 12.5 Å². The molecule has 1 rings (SSSR count). The molecule has 0 aromatic carbocycles. The van der Waals surface area contributed by atoms with E-state index in [2.05, 4.69) is 5.10 Å². The predicted molar refractivity (Wildman–Crippen MR) is 55.6 cm³/mol. The Morgan fingerprint density at radius 3 is 2.33 bits per heavy atom. The van der Waals surface area contributed by atoms with Gasteiger partial charge in [0.15, 0.2) is 0 Å². The highest BCUT2D eigenvalue weighted by Crippen LogP contribution is 2.22. The van der Waals surface area contributed by atoms with Crippen molar-refractivity contribution in [2.75, 3.05) is 0 Å². The predicted octanol–water partition coefficient (Wildman–Crippen LogP) is 1.52. The molecule has 0 N–H and O–H groups in total. The van der Waals surface area contributed by atoms with E-state index in [0.29, 0.717) is 5.69 Å². The summed E-state index contributed by atoms with van der Waals surface area (Å²) in [5.41, 5.74) is 0.946. The smallest absolute Gasteiger partial charge is 0.271 e. The second kappa shape index (κ2) is 3.59. The maximum absolute atomic E-state index is 12.5. The van der Waals surface area contributed by atoms with Crippen molar-refractivity contribution in [3.63, 3.8) is 0 Å². The Bertz CT molecular complexity index is 457. The molecule has 4 nitrogen and oxygen atoms in total. The van der Waals surface area contributed by atoms with Crippen LogP contribution in [0.25, 0.3) is 0 Å². The molecule has 1 aromatic rings. The average molecular weight is 234 g/mol. The summed E-state index contributed by atoms with van der Waals surface area (Å²) < 4.78 is 34.9. The zero-order valence-corrected chi connectivity index (χ0v) is 10.1. The molecule has 0 unspecified atom stereocenters. The summed E-state index contributed by atoms with van der Waals surface area (Å²) in [6.45, 7) is 5.88. The van der Waals surface area contributed by atoms with Crippen molar-refractivity contribution in [3.8, 4) is 0 Å². The Morgan fingerprint density at radius 2 is 2.00 bits per heavy atom. The molecule has 0 fully saturated rings. The van der Waals surface area contributed by atoms with E-state index >= 15 is 0 Å². The molecule has 0 amide bonds. The van der Waals surface area contributed by atoms with Gasteiger partial charge in [0.05, 0.1) is 11.4 Å². The molecule has 1 heterocycles. The van der Waals surface area contributed by atoms with Crippen molar-refractivity contribution in [2.24, 2.45) is 7.05 Å². The van der Waals surface area contributed by atoms with Gasteiger partial charge in [-0.25, -0.2) is 0 Å². The number of hydrogen-bond donors (Lipinski definition) is 0. The fourth-order valence-corrected chi connectivity index (χ4v) is 1.81. The van der Waals surface area contributed by atoms with Crippen LogP contribution in [0.3, 0.4) is 0 Å². The average Bonchev–Trinajstić information content (AvgIpc) is 2.27. The number of hydrogen-bond acceptors (Lipinski definition) is 3. The summed E-state index contributed by atoms with van der Waals surface area (Å²) in [6, 6.07) is 1.62. The summed E-state index contributed by atoms with van der Waals surface area (Å²) in [4.78, 5) is 0. The molecule has 0 aliphatic rings. The molecule has 0 aliphatic heterocycles. The zero-order valence-electron chi connectivity index (χ0n) is 9.28. The van der Waals surface area contributed by atoms with Gasteiger partial charge in [-0.1, -0.05) is 20.8 Å². The SMILES string of the molecule is Cn1nc(C(C)(C)C)cc1CS(=O)(=O)F. The van der Waals surface area contributed by atoms with E-state index in [-0.39, 0.29) is 5.41 Å². The number of rotatable bonds is 2. The lowest BCUT2D eigenvalue weighted by Gasteiger charge is -2.13. The van der Waals surface area contributed by atoms with Crippen LogP contribution in [-0.2, 0) is 28.4 Å². The number of aryl methyl sites for hydroxylation is 1. The van der Waals surface area contributed by atoms with Crippen LogP contribution < -0.4 is 0 Å². The molecule has 0 saturated carbocycles. The molecular formula is C9H15FN2O2S. The first-order valence-electron chi connectivity index (χ1n) is 4.55. The van der Waals surface area contributed by atoms with Gasteiger partial charge in [0.1, 0.15) is 5.75 Å². The molecule has 0 bridgehead atoms. The van der Waals surface area contributed by atoms with E-state index in [0.717, 1.165) is 5.69 Å². The van der Waals surface area contributed by atoms with Crippen LogP contribution in [-0.4, -0.2) is 18.2 Å². The molecule has 0 spiro atoms. The Morgan fingerprint density at radius 1 is 1.47 bits per heavy atom. The quantitative estimate of drug-likeness (QED) is 0.729. The lowest BCUT2D eigenvalue weighted by Crippen LogP contribution is -2.12. The molecule has 0 atom stereocenters.